The first-order valence-corrected chi connectivity index (χ1v) is 4.85. The number of rotatable bonds is 4. The van der Waals surface area contributed by atoms with Crippen molar-refractivity contribution in [2.75, 3.05) is 19.0 Å². The number of aromatic nitrogens is 1. The molecule has 0 aliphatic carbocycles. The lowest BCUT2D eigenvalue weighted by molar-refractivity contribution is 0.190. The van der Waals surface area contributed by atoms with Gasteiger partial charge in [-0.1, -0.05) is 0 Å². The Balaban J connectivity index is 2.43. The Bertz CT molecular complexity index is 338. The van der Waals surface area contributed by atoms with E-state index in [9.17, 15) is 4.79 Å². The first-order valence-electron chi connectivity index (χ1n) is 4.85. The molecule has 0 fully saturated rings. The second-order valence-electron chi connectivity index (χ2n) is 3.27. The number of nitrogens with zero attached hydrogens (tertiary/aromatic N) is 1. The maximum Gasteiger partial charge on any atom is 0.319 e. The van der Waals surface area contributed by atoms with Gasteiger partial charge in [-0.25, -0.2) is 9.78 Å². The van der Waals surface area contributed by atoms with Crippen LogP contribution in [0.3, 0.4) is 0 Å². The van der Waals surface area contributed by atoms with Crippen LogP contribution in [0.15, 0.2) is 18.3 Å². The third-order valence-corrected chi connectivity index (χ3v) is 1.76. The molecule has 1 aromatic rings. The summed E-state index contributed by atoms with van der Waals surface area (Å²) in [7, 11) is 1.52. The van der Waals surface area contributed by atoms with Crippen molar-refractivity contribution in [3.05, 3.63) is 18.3 Å². The second-order valence-corrected chi connectivity index (χ2v) is 3.27. The molecule has 0 aliphatic rings. The van der Waals surface area contributed by atoms with Crippen molar-refractivity contribution in [1.82, 2.24) is 10.3 Å². The van der Waals surface area contributed by atoms with Gasteiger partial charge in [0.1, 0.15) is 0 Å². The number of nitrogens with one attached hydrogen (secondary N) is 2. The summed E-state index contributed by atoms with van der Waals surface area (Å²) in [5.41, 5.74) is 0.559. The summed E-state index contributed by atoms with van der Waals surface area (Å²) in [5, 5.41) is 14.0. The number of carbonyl (C=O) groups excluding carboxylic acids is 1. The van der Waals surface area contributed by atoms with Gasteiger partial charge in [0.25, 0.3) is 0 Å². The van der Waals surface area contributed by atoms with Crippen molar-refractivity contribution in [3.8, 4) is 5.88 Å². The van der Waals surface area contributed by atoms with E-state index in [0.717, 1.165) is 0 Å². The number of anilines is 1. The Morgan fingerprint density at radius 2 is 2.38 bits per heavy atom. The first kappa shape index (κ1) is 12.3. The first-order chi connectivity index (χ1) is 7.61. The van der Waals surface area contributed by atoms with E-state index in [1.165, 1.54) is 13.3 Å². The average molecular weight is 225 g/mol. The zero-order chi connectivity index (χ0) is 12.0. The highest BCUT2D eigenvalue weighted by Crippen LogP contribution is 2.10. The molecule has 0 bridgehead atoms. The minimum Gasteiger partial charge on any atom is -0.481 e. The van der Waals surface area contributed by atoms with Crippen LogP contribution in [0.1, 0.15) is 6.92 Å². The normalized spacial score (nSPS) is 11.7. The standard InChI is InChI=1S/C10H15N3O3/c1-7(14)5-12-10(15)13-8-3-4-9(16-2)11-6-8/h3-4,6-7,14H,5H2,1-2H3,(H2,12,13,15). The average Bonchev–Trinajstić information content (AvgIpc) is 2.27. The molecule has 1 rings (SSSR count). The molecule has 1 aromatic heterocycles. The monoisotopic (exact) mass is 225 g/mol. The maximum atomic E-state index is 11.3. The quantitative estimate of drug-likeness (QED) is 0.700. The summed E-state index contributed by atoms with van der Waals surface area (Å²) in [6, 6.07) is 2.94. The molecule has 0 spiro atoms. The van der Waals surface area contributed by atoms with Crippen LogP contribution in [-0.2, 0) is 0 Å². The Hall–Kier alpha value is -1.82. The van der Waals surface area contributed by atoms with Crippen molar-refractivity contribution < 1.29 is 14.6 Å². The summed E-state index contributed by atoms with van der Waals surface area (Å²) in [6.45, 7) is 1.80. The molecule has 88 valence electrons. The predicted octanol–water partition coefficient (Wildman–Crippen LogP) is 0.593. The number of carbonyl (C=O) groups is 1. The van der Waals surface area contributed by atoms with Gasteiger partial charge in [0.15, 0.2) is 0 Å². The smallest absolute Gasteiger partial charge is 0.319 e. The van der Waals surface area contributed by atoms with Crippen LogP contribution >= 0.6 is 0 Å². The Labute approximate surface area is 93.6 Å². The number of hydrogen-bond acceptors (Lipinski definition) is 4. The second kappa shape index (κ2) is 5.92. The van der Waals surface area contributed by atoms with Gasteiger partial charge in [-0.05, 0) is 13.0 Å². The largest absolute Gasteiger partial charge is 0.481 e. The number of methoxy groups -OCH3 is 1. The number of ether oxygens (including phenoxy) is 1. The molecule has 2 amide bonds. The third-order valence-electron chi connectivity index (χ3n) is 1.76. The molecular weight excluding hydrogens is 210 g/mol. The fourth-order valence-corrected chi connectivity index (χ4v) is 0.991. The summed E-state index contributed by atoms with van der Waals surface area (Å²) in [6.07, 6.45) is 0.917. The molecule has 16 heavy (non-hydrogen) atoms. The van der Waals surface area contributed by atoms with Gasteiger partial charge in [-0.15, -0.1) is 0 Å². The fraction of sp³-hybridized carbons (Fsp3) is 0.400. The lowest BCUT2D eigenvalue weighted by atomic mass is 10.4. The number of amides is 2. The van der Waals surface area contributed by atoms with Gasteiger partial charge in [0.2, 0.25) is 5.88 Å². The van der Waals surface area contributed by atoms with Gasteiger partial charge < -0.3 is 20.5 Å². The lowest BCUT2D eigenvalue weighted by Crippen LogP contribution is -2.34. The van der Waals surface area contributed by atoms with Crippen LogP contribution in [-0.4, -0.2) is 35.9 Å². The Morgan fingerprint density at radius 3 is 2.88 bits per heavy atom. The summed E-state index contributed by atoms with van der Waals surface area (Å²) in [5.74, 6) is 0.481. The van der Waals surface area contributed by atoms with Gasteiger partial charge in [-0.3, -0.25) is 0 Å². The number of aliphatic hydroxyl groups is 1. The molecule has 0 saturated heterocycles. The zero-order valence-electron chi connectivity index (χ0n) is 9.23. The van der Waals surface area contributed by atoms with Crippen molar-refractivity contribution in [1.29, 1.82) is 0 Å². The van der Waals surface area contributed by atoms with E-state index in [1.807, 2.05) is 0 Å². The van der Waals surface area contributed by atoms with Crippen molar-refractivity contribution >= 4 is 11.7 Å². The summed E-state index contributed by atoms with van der Waals surface area (Å²) in [4.78, 5) is 15.2. The molecule has 1 atom stereocenters. The summed E-state index contributed by atoms with van der Waals surface area (Å²) >= 11 is 0. The van der Waals surface area contributed by atoms with E-state index >= 15 is 0 Å². The molecule has 0 aliphatic heterocycles. The fourth-order valence-electron chi connectivity index (χ4n) is 0.991. The molecular formula is C10H15N3O3. The topological polar surface area (TPSA) is 83.5 Å². The highest BCUT2D eigenvalue weighted by atomic mass is 16.5. The van der Waals surface area contributed by atoms with Gasteiger partial charge >= 0.3 is 6.03 Å². The van der Waals surface area contributed by atoms with Gasteiger partial charge in [-0.2, -0.15) is 0 Å². The molecule has 6 nitrogen and oxygen atoms in total. The van der Waals surface area contributed by atoms with E-state index in [1.54, 1.807) is 19.1 Å². The minimum absolute atomic E-state index is 0.204. The van der Waals surface area contributed by atoms with E-state index in [2.05, 4.69) is 15.6 Å². The van der Waals surface area contributed by atoms with Crippen LogP contribution in [0.2, 0.25) is 0 Å². The highest BCUT2D eigenvalue weighted by molar-refractivity contribution is 5.88. The number of aliphatic hydroxyl groups excluding tert-OH is 1. The van der Waals surface area contributed by atoms with Gasteiger partial charge in [0.05, 0.1) is 25.1 Å². The summed E-state index contributed by atoms with van der Waals surface area (Å²) < 4.78 is 4.88. The number of hydrogen-bond donors (Lipinski definition) is 3. The van der Waals surface area contributed by atoms with Gasteiger partial charge in [0, 0.05) is 12.6 Å². The zero-order valence-corrected chi connectivity index (χ0v) is 9.23. The van der Waals surface area contributed by atoms with E-state index in [4.69, 9.17) is 9.84 Å². The Kier molecular flexibility index (Phi) is 4.53. The molecule has 1 heterocycles. The van der Waals surface area contributed by atoms with Crippen molar-refractivity contribution in [2.24, 2.45) is 0 Å². The molecule has 0 saturated carbocycles. The molecule has 0 aromatic carbocycles. The molecule has 0 radical (unpaired) electrons. The molecule has 3 N–H and O–H groups in total. The van der Waals surface area contributed by atoms with Crippen LogP contribution in [0, 0.1) is 0 Å². The Morgan fingerprint density at radius 1 is 1.62 bits per heavy atom. The SMILES string of the molecule is COc1ccc(NC(=O)NCC(C)O)cn1. The number of urea groups is 1. The van der Waals surface area contributed by atoms with Crippen LogP contribution in [0.5, 0.6) is 5.88 Å². The van der Waals surface area contributed by atoms with Crippen molar-refractivity contribution in [2.45, 2.75) is 13.0 Å². The van der Waals surface area contributed by atoms with Crippen LogP contribution < -0.4 is 15.4 Å². The maximum absolute atomic E-state index is 11.3. The van der Waals surface area contributed by atoms with E-state index in [0.29, 0.717) is 11.6 Å². The van der Waals surface area contributed by atoms with E-state index < -0.39 is 6.10 Å². The van der Waals surface area contributed by atoms with Crippen LogP contribution in [0.4, 0.5) is 10.5 Å². The predicted molar refractivity (Wildman–Crippen MR) is 59.5 cm³/mol. The lowest BCUT2D eigenvalue weighted by Gasteiger charge is -2.08. The van der Waals surface area contributed by atoms with Crippen LogP contribution in [0.25, 0.3) is 0 Å². The highest BCUT2D eigenvalue weighted by Gasteiger charge is 2.03. The molecule has 6 heteroatoms. The molecule has 1 unspecified atom stereocenters. The van der Waals surface area contributed by atoms with Crippen molar-refractivity contribution in [3.63, 3.8) is 0 Å². The third kappa shape index (κ3) is 4.14. The minimum atomic E-state index is -0.570. The number of pyridine rings is 1. The van der Waals surface area contributed by atoms with E-state index in [-0.39, 0.29) is 12.6 Å².